The van der Waals surface area contributed by atoms with Crippen LogP contribution in [-0.4, -0.2) is 33.4 Å². The Labute approximate surface area is 102 Å². The first kappa shape index (κ1) is 12.0. The molecular weight excluding hydrogens is 216 g/mol. The Morgan fingerprint density at radius 3 is 2.41 bits per heavy atom. The average Bonchev–Trinajstić information content (AvgIpc) is 2.39. The molecule has 1 fully saturated rings. The molecule has 1 heterocycles. The zero-order chi connectivity index (χ0) is 12.1. The Kier molecular flexibility index (Phi) is 4.09. The summed E-state index contributed by atoms with van der Waals surface area (Å²) in [7, 11) is 3.33. The normalized spacial score (nSPS) is 19.8. The third kappa shape index (κ3) is 3.27. The SMILES string of the molecule is COc1cc(N[C@@H]2CCCNC2)cc(OC)c1. The van der Waals surface area contributed by atoms with Crippen molar-refractivity contribution in [2.75, 3.05) is 32.6 Å². The number of hydrogen-bond acceptors (Lipinski definition) is 4. The molecular formula is C13H20N2O2. The summed E-state index contributed by atoms with van der Waals surface area (Å²) in [5, 5.41) is 6.90. The molecule has 17 heavy (non-hydrogen) atoms. The van der Waals surface area contributed by atoms with Gasteiger partial charge >= 0.3 is 0 Å². The van der Waals surface area contributed by atoms with Crippen molar-refractivity contribution in [1.82, 2.24) is 5.32 Å². The Morgan fingerprint density at radius 1 is 1.18 bits per heavy atom. The molecule has 1 aromatic carbocycles. The van der Waals surface area contributed by atoms with E-state index in [9.17, 15) is 0 Å². The number of hydrogen-bond donors (Lipinski definition) is 2. The summed E-state index contributed by atoms with van der Waals surface area (Å²) in [6.45, 7) is 2.14. The van der Waals surface area contributed by atoms with Crippen molar-refractivity contribution in [3.05, 3.63) is 18.2 Å². The molecule has 1 aromatic rings. The molecule has 1 aliphatic rings. The molecule has 2 rings (SSSR count). The van der Waals surface area contributed by atoms with Crippen LogP contribution in [0.2, 0.25) is 0 Å². The van der Waals surface area contributed by atoms with Gasteiger partial charge in [0.2, 0.25) is 0 Å². The van der Waals surface area contributed by atoms with Crippen molar-refractivity contribution in [2.24, 2.45) is 0 Å². The second-order valence-corrected chi connectivity index (χ2v) is 4.29. The molecule has 4 nitrogen and oxygen atoms in total. The molecule has 0 radical (unpaired) electrons. The summed E-state index contributed by atoms with van der Waals surface area (Å²) in [5.74, 6) is 1.63. The molecule has 0 spiro atoms. The third-order valence-electron chi connectivity index (χ3n) is 3.02. The van der Waals surface area contributed by atoms with Crippen LogP contribution in [0.5, 0.6) is 11.5 Å². The fourth-order valence-corrected chi connectivity index (χ4v) is 2.10. The number of benzene rings is 1. The standard InChI is InChI=1S/C13H20N2O2/c1-16-12-6-11(7-13(8-12)17-2)15-10-4-3-5-14-9-10/h6-8,10,14-15H,3-5,9H2,1-2H3/t10-/m1/s1. The van der Waals surface area contributed by atoms with E-state index >= 15 is 0 Å². The summed E-state index contributed by atoms with van der Waals surface area (Å²) in [6, 6.07) is 6.36. The fraction of sp³-hybridized carbons (Fsp3) is 0.538. The zero-order valence-corrected chi connectivity index (χ0v) is 10.5. The van der Waals surface area contributed by atoms with Crippen LogP contribution in [0, 0.1) is 0 Å². The minimum Gasteiger partial charge on any atom is -0.497 e. The van der Waals surface area contributed by atoms with Crippen molar-refractivity contribution in [2.45, 2.75) is 18.9 Å². The first-order valence-corrected chi connectivity index (χ1v) is 6.02. The van der Waals surface area contributed by atoms with E-state index in [1.54, 1.807) is 14.2 Å². The molecule has 4 heteroatoms. The van der Waals surface area contributed by atoms with Gasteiger partial charge in [-0.15, -0.1) is 0 Å². The van der Waals surface area contributed by atoms with Gasteiger partial charge in [0.25, 0.3) is 0 Å². The third-order valence-corrected chi connectivity index (χ3v) is 3.02. The maximum Gasteiger partial charge on any atom is 0.124 e. The van der Waals surface area contributed by atoms with E-state index in [0.29, 0.717) is 6.04 Å². The lowest BCUT2D eigenvalue weighted by Gasteiger charge is -2.25. The summed E-state index contributed by atoms with van der Waals surface area (Å²) in [4.78, 5) is 0. The molecule has 94 valence electrons. The van der Waals surface area contributed by atoms with Crippen LogP contribution >= 0.6 is 0 Å². The van der Waals surface area contributed by atoms with Gasteiger partial charge in [0.1, 0.15) is 11.5 Å². The van der Waals surface area contributed by atoms with Gasteiger partial charge in [0, 0.05) is 36.5 Å². The van der Waals surface area contributed by atoms with Crippen molar-refractivity contribution >= 4 is 5.69 Å². The predicted octanol–water partition coefficient (Wildman–Crippen LogP) is 1.87. The topological polar surface area (TPSA) is 42.5 Å². The van der Waals surface area contributed by atoms with E-state index in [2.05, 4.69) is 10.6 Å². The van der Waals surface area contributed by atoms with Crippen LogP contribution < -0.4 is 20.1 Å². The number of ether oxygens (including phenoxy) is 2. The van der Waals surface area contributed by atoms with Gasteiger partial charge in [-0.05, 0) is 19.4 Å². The molecule has 0 saturated carbocycles. The summed E-state index contributed by atoms with van der Waals surface area (Å²) in [6.07, 6.45) is 2.42. The van der Waals surface area contributed by atoms with Crippen LogP contribution in [0.1, 0.15) is 12.8 Å². The first-order chi connectivity index (χ1) is 8.31. The van der Waals surface area contributed by atoms with Crippen molar-refractivity contribution < 1.29 is 9.47 Å². The van der Waals surface area contributed by atoms with Crippen molar-refractivity contribution in [3.8, 4) is 11.5 Å². The van der Waals surface area contributed by atoms with Gasteiger partial charge in [-0.3, -0.25) is 0 Å². The zero-order valence-electron chi connectivity index (χ0n) is 10.5. The van der Waals surface area contributed by atoms with E-state index in [0.717, 1.165) is 30.3 Å². The highest BCUT2D eigenvalue weighted by Gasteiger charge is 2.13. The largest absolute Gasteiger partial charge is 0.497 e. The Hall–Kier alpha value is -1.42. The average molecular weight is 236 g/mol. The van der Waals surface area contributed by atoms with E-state index in [1.165, 1.54) is 12.8 Å². The molecule has 0 aromatic heterocycles. The van der Waals surface area contributed by atoms with E-state index in [4.69, 9.17) is 9.47 Å². The van der Waals surface area contributed by atoms with Gasteiger partial charge in [0.05, 0.1) is 14.2 Å². The molecule has 0 aliphatic carbocycles. The second-order valence-electron chi connectivity index (χ2n) is 4.29. The highest BCUT2D eigenvalue weighted by atomic mass is 16.5. The summed E-state index contributed by atoms with van der Waals surface area (Å²) in [5.41, 5.74) is 1.05. The molecule has 1 saturated heterocycles. The summed E-state index contributed by atoms with van der Waals surface area (Å²) < 4.78 is 10.5. The maximum absolute atomic E-state index is 5.25. The van der Waals surface area contributed by atoms with Gasteiger partial charge < -0.3 is 20.1 Å². The highest BCUT2D eigenvalue weighted by molar-refractivity contribution is 5.54. The number of methoxy groups -OCH3 is 2. The lowest BCUT2D eigenvalue weighted by molar-refractivity contribution is 0.394. The quantitative estimate of drug-likeness (QED) is 0.837. The van der Waals surface area contributed by atoms with Gasteiger partial charge in [0.15, 0.2) is 0 Å². The van der Waals surface area contributed by atoms with Crippen LogP contribution in [0.4, 0.5) is 5.69 Å². The van der Waals surface area contributed by atoms with Crippen molar-refractivity contribution in [3.63, 3.8) is 0 Å². The first-order valence-electron chi connectivity index (χ1n) is 6.02. The minimum absolute atomic E-state index is 0.487. The maximum atomic E-state index is 5.25. The number of anilines is 1. The van der Waals surface area contributed by atoms with Crippen LogP contribution in [0.3, 0.4) is 0 Å². The summed E-state index contributed by atoms with van der Waals surface area (Å²) >= 11 is 0. The number of nitrogens with one attached hydrogen (secondary N) is 2. The number of rotatable bonds is 4. The van der Waals surface area contributed by atoms with Crippen molar-refractivity contribution in [1.29, 1.82) is 0 Å². The van der Waals surface area contributed by atoms with Crippen LogP contribution in [0.15, 0.2) is 18.2 Å². The van der Waals surface area contributed by atoms with Crippen LogP contribution in [0.25, 0.3) is 0 Å². The number of piperidine rings is 1. The Morgan fingerprint density at radius 2 is 1.88 bits per heavy atom. The second kappa shape index (κ2) is 5.77. The molecule has 1 aliphatic heterocycles. The lowest BCUT2D eigenvalue weighted by atomic mass is 10.1. The van der Waals surface area contributed by atoms with E-state index < -0.39 is 0 Å². The van der Waals surface area contributed by atoms with Gasteiger partial charge in [-0.2, -0.15) is 0 Å². The van der Waals surface area contributed by atoms with E-state index in [1.807, 2.05) is 18.2 Å². The molecule has 0 bridgehead atoms. The predicted molar refractivity (Wildman–Crippen MR) is 69.1 cm³/mol. The van der Waals surface area contributed by atoms with Gasteiger partial charge in [-0.1, -0.05) is 0 Å². The van der Waals surface area contributed by atoms with Crippen LogP contribution in [-0.2, 0) is 0 Å². The Balaban J connectivity index is 2.07. The minimum atomic E-state index is 0.487. The Bertz CT molecular complexity index is 340. The lowest BCUT2D eigenvalue weighted by Crippen LogP contribution is -2.38. The van der Waals surface area contributed by atoms with Gasteiger partial charge in [-0.25, -0.2) is 0 Å². The van der Waals surface area contributed by atoms with E-state index in [-0.39, 0.29) is 0 Å². The smallest absolute Gasteiger partial charge is 0.124 e. The molecule has 1 atom stereocenters. The molecule has 0 unspecified atom stereocenters. The monoisotopic (exact) mass is 236 g/mol. The highest BCUT2D eigenvalue weighted by Crippen LogP contribution is 2.26. The molecule has 2 N–H and O–H groups in total. The fourth-order valence-electron chi connectivity index (χ4n) is 2.10. The molecule has 0 amide bonds.